The third-order valence-corrected chi connectivity index (χ3v) is 4.33. The molecule has 0 aliphatic heterocycles. The van der Waals surface area contributed by atoms with Gasteiger partial charge in [0.25, 0.3) is 5.91 Å². The average molecular weight is 349 g/mol. The minimum absolute atomic E-state index is 0.0549. The van der Waals surface area contributed by atoms with Crippen molar-refractivity contribution in [2.24, 2.45) is 0 Å². The molecule has 1 N–H and O–H groups in total. The molecule has 0 aliphatic carbocycles. The van der Waals surface area contributed by atoms with Crippen molar-refractivity contribution in [3.8, 4) is 0 Å². The minimum Gasteiger partial charge on any atom is -0.343 e. The van der Waals surface area contributed by atoms with Gasteiger partial charge < -0.3 is 10.2 Å². The topological polar surface area (TPSA) is 49.4 Å². The van der Waals surface area contributed by atoms with Crippen LogP contribution in [0.1, 0.15) is 15.2 Å². The lowest BCUT2D eigenvalue weighted by Gasteiger charge is -2.20. The van der Waals surface area contributed by atoms with E-state index in [1.165, 1.54) is 11.3 Å². The molecule has 0 unspecified atom stereocenters. The van der Waals surface area contributed by atoms with Gasteiger partial charge in [-0.25, -0.2) is 0 Å². The summed E-state index contributed by atoms with van der Waals surface area (Å²) in [5.74, 6) is -0.435. The van der Waals surface area contributed by atoms with Crippen LogP contribution in [0.4, 0.5) is 0 Å². The van der Waals surface area contributed by atoms with Gasteiger partial charge in [-0.05, 0) is 24.3 Å². The van der Waals surface area contributed by atoms with Crippen molar-refractivity contribution < 1.29 is 9.59 Å². The number of carbonyl (C=O) groups is 2. The van der Waals surface area contributed by atoms with E-state index in [1.54, 1.807) is 41.3 Å². The zero-order valence-electron chi connectivity index (χ0n) is 12.5. The summed E-state index contributed by atoms with van der Waals surface area (Å²) in [4.78, 5) is 26.9. The summed E-state index contributed by atoms with van der Waals surface area (Å²) in [6, 6.07) is 12.5. The van der Waals surface area contributed by atoms with Crippen LogP contribution < -0.4 is 5.32 Å². The van der Waals surface area contributed by atoms with Crippen molar-refractivity contribution in [2.45, 2.75) is 6.54 Å². The van der Waals surface area contributed by atoms with Crippen LogP contribution in [0.5, 0.6) is 0 Å². The van der Waals surface area contributed by atoms with Crippen molar-refractivity contribution in [1.29, 1.82) is 0 Å². The summed E-state index contributed by atoms with van der Waals surface area (Å²) in [6.45, 7) is 4.47. The van der Waals surface area contributed by atoms with Crippen LogP contribution in [-0.2, 0) is 11.3 Å². The molecular formula is C17H17ClN2O2S. The Kier molecular flexibility index (Phi) is 6.38. The first-order chi connectivity index (χ1) is 11.1. The third kappa shape index (κ3) is 5.23. The highest BCUT2D eigenvalue weighted by Crippen LogP contribution is 2.22. The van der Waals surface area contributed by atoms with Crippen LogP contribution in [0.2, 0.25) is 4.34 Å². The summed E-state index contributed by atoms with van der Waals surface area (Å²) >= 11 is 7.34. The van der Waals surface area contributed by atoms with Crippen LogP contribution in [-0.4, -0.2) is 29.8 Å². The molecule has 0 saturated heterocycles. The maximum absolute atomic E-state index is 12.3. The van der Waals surface area contributed by atoms with Crippen molar-refractivity contribution in [2.75, 3.05) is 13.1 Å². The molecule has 0 saturated carbocycles. The fraction of sp³-hybridized carbons (Fsp3) is 0.176. The van der Waals surface area contributed by atoms with Gasteiger partial charge in [-0.1, -0.05) is 35.9 Å². The number of hydrogen-bond acceptors (Lipinski definition) is 3. The van der Waals surface area contributed by atoms with Gasteiger partial charge >= 0.3 is 0 Å². The Labute approximate surface area is 144 Å². The fourth-order valence-corrected chi connectivity index (χ4v) is 3.10. The molecule has 0 bridgehead atoms. The Hall–Kier alpha value is -2.11. The lowest BCUT2D eigenvalue weighted by molar-refractivity contribution is -0.130. The van der Waals surface area contributed by atoms with Crippen LogP contribution in [0, 0.1) is 0 Å². The number of rotatable bonds is 7. The summed E-state index contributed by atoms with van der Waals surface area (Å²) in [5, 5.41) is 2.64. The molecule has 0 radical (unpaired) electrons. The first-order valence-corrected chi connectivity index (χ1v) is 8.25. The summed E-state index contributed by atoms with van der Waals surface area (Å²) in [5.41, 5.74) is 0.528. The maximum atomic E-state index is 12.3. The molecule has 120 valence electrons. The van der Waals surface area contributed by atoms with E-state index < -0.39 is 0 Å². The summed E-state index contributed by atoms with van der Waals surface area (Å²) in [6.07, 6.45) is 1.66. The molecule has 0 fully saturated rings. The molecule has 1 heterocycles. The Balaban J connectivity index is 1.92. The van der Waals surface area contributed by atoms with Gasteiger partial charge in [0.2, 0.25) is 5.91 Å². The molecule has 0 aliphatic rings. The second kappa shape index (κ2) is 8.50. The van der Waals surface area contributed by atoms with E-state index in [-0.39, 0.29) is 18.4 Å². The molecule has 23 heavy (non-hydrogen) atoms. The fourth-order valence-electron chi connectivity index (χ4n) is 1.99. The van der Waals surface area contributed by atoms with Crippen LogP contribution in [0.15, 0.2) is 55.1 Å². The Morgan fingerprint density at radius 1 is 1.22 bits per heavy atom. The second-order valence-corrected chi connectivity index (χ2v) is 6.62. The van der Waals surface area contributed by atoms with E-state index in [1.807, 2.05) is 12.1 Å². The number of nitrogens with one attached hydrogen (secondary N) is 1. The highest BCUT2D eigenvalue weighted by Gasteiger charge is 2.15. The van der Waals surface area contributed by atoms with Crippen molar-refractivity contribution in [3.05, 3.63) is 69.9 Å². The molecule has 0 spiro atoms. The van der Waals surface area contributed by atoms with Crippen LogP contribution >= 0.6 is 22.9 Å². The molecule has 2 amide bonds. The molecular weight excluding hydrogens is 332 g/mol. The monoisotopic (exact) mass is 348 g/mol. The first-order valence-electron chi connectivity index (χ1n) is 7.06. The van der Waals surface area contributed by atoms with Gasteiger partial charge in [0.1, 0.15) is 0 Å². The zero-order valence-corrected chi connectivity index (χ0v) is 14.1. The first kappa shape index (κ1) is 17.2. The lowest BCUT2D eigenvalue weighted by atomic mass is 10.2. The van der Waals surface area contributed by atoms with Crippen molar-refractivity contribution in [3.63, 3.8) is 0 Å². The predicted octanol–water partition coefficient (Wildman–Crippen LogP) is 3.35. The molecule has 4 nitrogen and oxygen atoms in total. The number of benzene rings is 1. The average Bonchev–Trinajstić information content (AvgIpc) is 2.97. The molecule has 1 aromatic carbocycles. The quantitative estimate of drug-likeness (QED) is 0.780. The van der Waals surface area contributed by atoms with E-state index in [0.29, 0.717) is 23.0 Å². The number of halogens is 1. The predicted molar refractivity (Wildman–Crippen MR) is 93.7 cm³/mol. The summed E-state index contributed by atoms with van der Waals surface area (Å²) < 4.78 is 0.684. The van der Waals surface area contributed by atoms with Crippen LogP contribution in [0.25, 0.3) is 0 Å². The van der Waals surface area contributed by atoms with E-state index in [4.69, 9.17) is 11.6 Å². The van der Waals surface area contributed by atoms with Crippen molar-refractivity contribution in [1.82, 2.24) is 10.2 Å². The van der Waals surface area contributed by atoms with E-state index in [0.717, 1.165) is 4.88 Å². The number of hydrogen-bond donors (Lipinski definition) is 1. The van der Waals surface area contributed by atoms with E-state index >= 15 is 0 Å². The normalized spacial score (nSPS) is 10.1. The molecule has 1 aromatic heterocycles. The molecule has 2 rings (SSSR count). The van der Waals surface area contributed by atoms with Gasteiger partial charge in [-0.15, -0.1) is 17.9 Å². The second-order valence-electron chi connectivity index (χ2n) is 4.82. The molecule has 6 heteroatoms. The molecule has 0 atom stereocenters. The largest absolute Gasteiger partial charge is 0.343 e. The zero-order chi connectivity index (χ0) is 16.7. The van der Waals surface area contributed by atoms with E-state index in [9.17, 15) is 9.59 Å². The smallest absolute Gasteiger partial charge is 0.251 e. The number of carbonyl (C=O) groups excluding carboxylic acids is 2. The van der Waals surface area contributed by atoms with Crippen molar-refractivity contribution >= 4 is 34.8 Å². The maximum Gasteiger partial charge on any atom is 0.251 e. The number of nitrogens with zero attached hydrogens (tertiary/aromatic N) is 1. The van der Waals surface area contributed by atoms with Gasteiger partial charge in [0.05, 0.1) is 17.4 Å². The Bertz CT molecular complexity index is 685. The minimum atomic E-state index is -0.267. The Morgan fingerprint density at radius 3 is 2.57 bits per heavy atom. The highest BCUT2D eigenvalue weighted by molar-refractivity contribution is 7.16. The number of amides is 2. The standard InChI is InChI=1S/C17H17ClN2O2S/c1-2-10-20(12-14-8-9-15(18)23-14)16(21)11-19-17(22)13-6-4-3-5-7-13/h2-9H,1,10-12H2,(H,19,22). The summed E-state index contributed by atoms with van der Waals surface area (Å²) in [7, 11) is 0. The van der Waals surface area contributed by atoms with Gasteiger partial charge in [-0.2, -0.15) is 0 Å². The van der Waals surface area contributed by atoms with Gasteiger partial charge in [0, 0.05) is 17.0 Å². The SMILES string of the molecule is C=CCN(Cc1ccc(Cl)s1)C(=O)CNC(=O)c1ccccc1. The molecule has 2 aromatic rings. The van der Waals surface area contributed by atoms with Gasteiger partial charge in [-0.3, -0.25) is 9.59 Å². The lowest BCUT2D eigenvalue weighted by Crippen LogP contribution is -2.39. The highest BCUT2D eigenvalue weighted by atomic mass is 35.5. The van der Waals surface area contributed by atoms with Gasteiger partial charge in [0.15, 0.2) is 0 Å². The van der Waals surface area contributed by atoms with E-state index in [2.05, 4.69) is 11.9 Å². The number of thiophene rings is 1. The third-order valence-electron chi connectivity index (χ3n) is 3.11. The Morgan fingerprint density at radius 2 is 1.96 bits per heavy atom. The van der Waals surface area contributed by atoms with Crippen LogP contribution in [0.3, 0.4) is 0 Å².